The van der Waals surface area contributed by atoms with Crippen LogP contribution < -0.4 is 16.6 Å². The first kappa shape index (κ1) is 10.7. The topological polar surface area (TPSA) is 66.9 Å². The average molecular weight is 197 g/mol. The van der Waals surface area contributed by atoms with Gasteiger partial charge in [-0.05, 0) is 26.9 Å². The molecule has 0 aromatic carbocycles. The van der Waals surface area contributed by atoms with Crippen molar-refractivity contribution in [3.8, 4) is 0 Å². The molecule has 0 radical (unpaired) electrons. The van der Waals surface area contributed by atoms with Crippen LogP contribution in [-0.2, 0) is 6.54 Å². The molecule has 1 heterocycles. The van der Waals surface area contributed by atoms with E-state index in [0.29, 0.717) is 12.1 Å². The highest BCUT2D eigenvalue weighted by atomic mass is 16.2. The molecule has 0 aliphatic heterocycles. The van der Waals surface area contributed by atoms with Crippen LogP contribution in [0.2, 0.25) is 0 Å². The minimum atomic E-state index is -0.336. The fourth-order valence-corrected chi connectivity index (χ4v) is 1.21. The molecule has 0 amide bonds. The number of aromatic nitrogens is 2. The Morgan fingerprint density at radius 3 is 2.86 bits per heavy atom. The molecule has 2 N–H and O–H groups in total. The van der Waals surface area contributed by atoms with Gasteiger partial charge in [0.1, 0.15) is 0 Å². The molecule has 0 bridgehead atoms. The summed E-state index contributed by atoms with van der Waals surface area (Å²) in [5.41, 5.74) is -0.0781. The predicted molar refractivity (Wildman–Crippen MR) is 54.6 cm³/mol. The molecule has 5 nitrogen and oxygen atoms in total. The van der Waals surface area contributed by atoms with Gasteiger partial charge in [0.25, 0.3) is 5.56 Å². The molecular weight excluding hydrogens is 182 g/mol. The summed E-state index contributed by atoms with van der Waals surface area (Å²) in [7, 11) is 1.86. The molecule has 1 aromatic heterocycles. The highest BCUT2D eigenvalue weighted by Gasteiger charge is 1.99. The number of aromatic amines is 1. The van der Waals surface area contributed by atoms with Crippen LogP contribution in [0, 0.1) is 6.92 Å². The Morgan fingerprint density at radius 2 is 2.21 bits per heavy atom. The predicted octanol–water partition coefficient (Wildman–Crippen LogP) is -0.545. The molecule has 0 unspecified atom stereocenters. The molecule has 1 rings (SSSR count). The van der Waals surface area contributed by atoms with Gasteiger partial charge in [0, 0.05) is 18.3 Å². The summed E-state index contributed by atoms with van der Waals surface area (Å²) in [5, 5.41) is 3.00. The van der Waals surface area contributed by atoms with Gasteiger partial charge in [-0.15, -0.1) is 0 Å². The normalized spacial score (nSPS) is 10.4. The zero-order chi connectivity index (χ0) is 10.6. The van der Waals surface area contributed by atoms with E-state index in [4.69, 9.17) is 0 Å². The number of hydrogen-bond donors (Lipinski definition) is 2. The Morgan fingerprint density at radius 1 is 1.50 bits per heavy atom. The average Bonchev–Trinajstić information content (AvgIpc) is 2.14. The highest BCUT2D eigenvalue weighted by Crippen LogP contribution is 1.87. The van der Waals surface area contributed by atoms with Gasteiger partial charge < -0.3 is 9.88 Å². The third-order valence-electron chi connectivity index (χ3n) is 2.01. The van der Waals surface area contributed by atoms with E-state index in [1.165, 1.54) is 4.57 Å². The minimum absolute atomic E-state index is 0.306. The van der Waals surface area contributed by atoms with Gasteiger partial charge in [0.2, 0.25) is 0 Å². The second-order valence-corrected chi connectivity index (χ2v) is 3.22. The molecule has 0 aliphatic carbocycles. The Labute approximate surface area is 81.8 Å². The van der Waals surface area contributed by atoms with Crippen LogP contribution in [0.25, 0.3) is 0 Å². The van der Waals surface area contributed by atoms with Crippen LogP contribution in [0.4, 0.5) is 0 Å². The van der Waals surface area contributed by atoms with Crippen LogP contribution in [0.1, 0.15) is 12.0 Å². The molecule has 0 atom stereocenters. The van der Waals surface area contributed by atoms with E-state index in [1.54, 1.807) is 13.1 Å². The zero-order valence-electron chi connectivity index (χ0n) is 8.46. The lowest BCUT2D eigenvalue weighted by molar-refractivity contribution is 0.582. The number of rotatable bonds is 4. The SMILES string of the molecule is CNCCCn1cc(C)c(=O)[nH]c1=O. The van der Waals surface area contributed by atoms with E-state index < -0.39 is 0 Å². The van der Waals surface area contributed by atoms with Crippen molar-refractivity contribution in [2.45, 2.75) is 19.9 Å². The Kier molecular flexibility index (Phi) is 3.64. The van der Waals surface area contributed by atoms with E-state index in [-0.39, 0.29) is 11.2 Å². The van der Waals surface area contributed by atoms with E-state index in [1.807, 2.05) is 7.05 Å². The summed E-state index contributed by atoms with van der Waals surface area (Å²) >= 11 is 0. The summed E-state index contributed by atoms with van der Waals surface area (Å²) in [5.74, 6) is 0. The second-order valence-electron chi connectivity index (χ2n) is 3.22. The molecule has 0 spiro atoms. The summed E-state index contributed by atoms with van der Waals surface area (Å²) < 4.78 is 1.52. The Balaban J connectivity index is 2.82. The first-order valence-electron chi connectivity index (χ1n) is 4.60. The van der Waals surface area contributed by atoms with Crippen LogP contribution in [-0.4, -0.2) is 23.1 Å². The van der Waals surface area contributed by atoms with Crippen LogP contribution in [0.5, 0.6) is 0 Å². The number of hydrogen-bond acceptors (Lipinski definition) is 3. The molecule has 0 saturated heterocycles. The quantitative estimate of drug-likeness (QED) is 0.637. The highest BCUT2D eigenvalue weighted by molar-refractivity contribution is 5.00. The molecule has 14 heavy (non-hydrogen) atoms. The van der Waals surface area contributed by atoms with Crippen molar-refractivity contribution in [2.24, 2.45) is 0 Å². The van der Waals surface area contributed by atoms with Crippen LogP contribution in [0.15, 0.2) is 15.8 Å². The van der Waals surface area contributed by atoms with Crippen molar-refractivity contribution >= 4 is 0 Å². The Bertz CT molecular complexity index is 405. The number of aryl methyl sites for hydroxylation is 2. The van der Waals surface area contributed by atoms with Gasteiger partial charge in [-0.1, -0.05) is 0 Å². The van der Waals surface area contributed by atoms with Crippen molar-refractivity contribution in [3.63, 3.8) is 0 Å². The van der Waals surface area contributed by atoms with Crippen molar-refractivity contribution in [1.82, 2.24) is 14.9 Å². The molecule has 0 aliphatic rings. The van der Waals surface area contributed by atoms with Crippen LogP contribution >= 0.6 is 0 Å². The standard InChI is InChI=1S/C9H15N3O2/c1-7-6-12(5-3-4-10-2)9(14)11-8(7)13/h6,10H,3-5H2,1-2H3,(H,11,13,14). The van der Waals surface area contributed by atoms with E-state index in [2.05, 4.69) is 10.3 Å². The van der Waals surface area contributed by atoms with Crippen molar-refractivity contribution < 1.29 is 0 Å². The van der Waals surface area contributed by atoms with E-state index in [9.17, 15) is 9.59 Å². The van der Waals surface area contributed by atoms with Crippen molar-refractivity contribution in [1.29, 1.82) is 0 Å². The fourth-order valence-electron chi connectivity index (χ4n) is 1.21. The fraction of sp³-hybridized carbons (Fsp3) is 0.556. The first-order valence-corrected chi connectivity index (χ1v) is 4.60. The van der Waals surface area contributed by atoms with Crippen LogP contribution in [0.3, 0.4) is 0 Å². The van der Waals surface area contributed by atoms with Gasteiger partial charge in [-0.25, -0.2) is 4.79 Å². The zero-order valence-corrected chi connectivity index (χ0v) is 8.46. The first-order chi connectivity index (χ1) is 6.65. The van der Waals surface area contributed by atoms with Gasteiger partial charge in [0.05, 0.1) is 0 Å². The largest absolute Gasteiger partial charge is 0.328 e. The maximum Gasteiger partial charge on any atom is 0.328 e. The van der Waals surface area contributed by atoms with Gasteiger partial charge in [0.15, 0.2) is 0 Å². The lowest BCUT2D eigenvalue weighted by Gasteiger charge is -2.04. The molecule has 1 aromatic rings. The summed E-state index contributed by atoms with van der Waals surface area (Å²) in [6, 6.07) is 0. The van der Waals surface area contributed by atoms with Crippen molar-refractivity contribution in [3.05, 3.63) is 32.6 Å². The lowest BCUT2D eigenvalue weighted by Crippen LogP contribution is -2.31. The third-order valence-corrected chi connectivity index (χ3v) is 2.01. The Hall–Kier alpha value is -1.36. The maximum absolute atomic E-state index is 11.3. The number of nitrogens with one attached hydrogen (secondary N) is 2. The number of nitrogens with zero attached hydrogens (tertiary/aromatic N) is 1. The second kappa shape index (κ2) is 4.76. The summed E-state index contributed by atoms with van der Waals surface area (Å²) in [4.78, 5) is 24.6. The monoisotopic (exact) mass is 197 g/mol. The molecule has 78 valence electrons. The van der Waals surface area contributed by atoms with Crippen molar-refractivity contribution in [2.75, 3.05) is 13.6 Å². The molecular formula is C9H15N3O2. The van der Waals surface area contributed by atoms with Gasteiger partial charge >= 0.3 is 5.69 Å². The third kappa shape index (κ3) is 2.56. The summed E-state index contributed by atoms with van der Waals surface area (Å²) in [6.07, 6.45) is 2.46. The maximum atomic E-state index is 11.3. The number of H-pyrrole nitrogens is 1. The lowest BCUT2D eigenvalue weighted by atomic mass is 10.3. The molecule has 5 heteroatoms. The van der Waals surface area contributed by atoms with E-state index in [0.717, 1.165) is 13.0 Å². The van der Waals surface area contributed by atoms with Gasteiger partial charge in [-0.2, -0.15) is 0 Å². The van der Waals surface area contributed by atoms with Gasteiger partial charge in [-0.3, -0.25) is 9.78 Å². The van der Waals surface area contributed by atoms with E-state index >= 15 is 0 Å². The molecule has 0 fully saturated rings. The molecule has 0 saturated carbocycles. The minimum Gasteiger partial charge on any atom is -0.320 e. The smallest absolute Gasteiger partial charge is 0.320 e. The summed E-state index contributed by atoms with van der Waals surface area (Å²) in [6.45, 7) is 3.16.